The maximum atomic E-state index is 12.2. The fourth-order valence-corrected chi connectivity index (χ4v) is 2.14. The Bertz CT molecular complexity index is 639. The summed E-state index contributed by atoms with van der Waals surface area (Å²) >= 11 is 0. The molecule has 22 heavy (non-hydrogen) atoms. The minimum Gasteiger partial charge on any atom is -0.481 e. The molecule has 1 atom stereocenters. The molecule has 0 unspecified atom stereocenters. The number of ether oxygens (including phenoxy) is 1. The second-order valence-corrected chi connectivity index (χ2v) is 4.70. The molecule has 0 heterocycles. The molecular formula is C16H13F3O3. The van der Waals surface area contributed by atoms with E-state index in [2.05, 4.69) is 4.74 Å². The fraction of sp³-hybridized carbons (Fsp3) is 0.188. The molecule has 116 valence electrons. The van der Waals surface area contributed by atoms with Gasteiger partial charge in [0, 0.05) is 0 Å². The number of carboxylic acid groups (broad SMARTS) is 1. The van der Waals surface area contributed by atoms with Crippen LogP contribution in [0, 0.1) is 0 Å². The van der Waals surface area contributed by atoms with Crippen LogP contribution in [-0.4, -0.2) is 17.4 Å². The Morgan fingerprint density at radius 3 is 2.36 bits per heavy atom. The number of rotatable bonds is 5. The molecule has 0 saturated heterocycles. The van der Waals surface area contributed by atoms with Crippen LogP contribution in [-0.2, 0) is 11.2 Å². The summed E-state index contributed by atoms with van der Waals surface area (Å²) < 4.78 is 40.5. The fourth-order valence-electron chi connectivity index (χ4n) is 2.14. The monoisotopic (exact) mass is 310 g/mol. The van der Waals surface area contributed by atoms with Crippen molar-refractivity contribution in [2.75, 3.05) is 0 Å². The van der Waals surface area contributed by atoms with Crippen LogP contribution in [0.2, 0.25) is 0 Å². The molecule has 2 aromatic rings. The topological polar surface area (TPSA) is 46.5 Å². The molecule has 1 N–H and O–H groups in total. The minimum atomic E-state index is -4.77. The van der Waals surface area contributed by atoms with Crippen molar-refractivity contribution in [1.29, 1.82) is 0 Å². The Labute approximate surface area is 125 Å². The first kappa shape index (κ1) is 15.9. The largest absolute Gasteiger partial charge is 0.573 e. The molecule has 0 saturated carbocycles. The van der Waals surface area contributed by atoms with E-state index in [0.29, 0.717) is 11.1 Å². The van der Waals surface area contributed by atoms with Gasteiger partial charge in [0.25, 0.3) is 0 Å². The molecule has 0 radical (unpaired) electrons. The average molecular weight is 310 g/mol. The van der Waals surface area contributed by atoms with Crippen LogP contribution in [0.1, 0.15) is 17.0 Å². The summed E-state index contributed by atoms with van der Waals surface area (Å²) in [6.07, 6.45) is -4.70. The summed E-state index contributed by atoms with van der Waals surface area (Å²) in [5.41, 5.74) is 1.05. The molecule has 0 fully saturated rings. The van der Waals surface area contributed by atoms with Crippen LogP contribution in [0.15, 0.2) is 54.6 Å². The number of hydrogen-bond donors (Lipinski definition) is 1. The number of aliphatic carboxylic acids is 1. The highest BCUT2D eigenvalue weighted by Gasteiger charge is 2.31. The van der Waals surface area contributed by atoms with Crippen LogP contribution in [0.4, 0.5) is 13.2 Å². The highest BCUT2D eigenvalue weighted by Crippen LogP contribution is 2.26. The van der Waals surface area contributed by atoms with Crippen LogP contribution < -0.4 is 4.74 Å². The first-order valence-corrected chi connectivity index (χ1v) is 6.47. The number of halogens is 3. The third-order valence-corrected chi connectivity index (χ3v) is 3.07. The van der Waals surface area contributed by atoms with Crippen molar-refractivity contribution in [3.05, 3.63) is 65.7 Å². The van der Waals surface area contributed by atoms with E-state index < -0.39 is 18.2 Å². The number of carboxylic acids is 1. The number of benzene rings is 2. The van der Waals surface area contributed by atoms with E-state index in [1.54, 1.807) is 36.4 Å². The molecule has 0 aromatic heterocycles. The number of alkyl halides is 3. The van der Waals surface area contributed by atoms with Crippen molar-refractivity contribution in [2.24, 2.45) is 0 Å². The average Bonchev–Trinajstić information content (AvgIpc) is 2.44. The van der Waals surface area contributed by atoms with E-state index in [9.17, 15) is 23.1 Å². The quantitative estimate of drug-likeness (QED) is 0.908. The maximum absolute atomic E-state index is 12.2. The Balaban J connectivity index is 2.21. The molecule has 2 aromatic carbocycles. The molecular weight excluding hydrogens is 297 g/mol. The predicted molar refractivity (Wildman–Crippen MR) is 73.6 cm³/mol. The van der Waals surface area contributed by atoms with E-state index >= 15 is 0 Å². The molecule has 0 amide bonds. The van der Waals surface area contributed by atoms with Crippen LogP contribution in [0.25, 0.3) is 0 Å². The molecule has 0 aliphatic carbocycles. The highest BCUT2D eigenvalue weighted by atomic mass is 19.4. The lowest BCUT2D eigenvalue weighted by atomic mass is 9.92. The SMILES string of the molecule is O=C(O)[C@@H](Cc1cccc(OC(F)(F)F)c1)c1ccccc1. The summed E-state index contributed by atoms with van der Waals surface area (Å²) in [7, 11) is 0. The van der Waals surface area contributed by atoms with Gasteiger partial charge in [0.2, 0.25) is 0 Å². The van der Waals surface area contributed by atoms with Crippen molar-refractivity contribution >= 4 is 5.97 Å². The third kappa shape index (κ3) is 4.51. The van der Waals surface area contributed by atoms with E-state index in [1.165, 1.54) is 18.2 Å². The van der Waals surface area contributed by atoms with Gasteiger partial charge in [0.05, 0.1) is 5.92 Å². The van der Waals surface area contributed by atoms with E-state index in [0.717, 1.165) is 0 Å². The number of hydrogen-bond acceptors (Lipinski definition) is 2. The minimum absolute atomic E-state index is 0.0778. The summed E-state index contributed by atoms with van der Waals surface area (Å²) in [6.45, 7) is 0. The van der Waals surface area contributed by atoms with Crippen molar-refractivity contribution in [3.63, 3.8) is 0 Å². The second kappa shape index (κ2) is 6.51. The lowest BCUT2D eigenvalue weighted by Gasteiger charge is -2.14. The van der Waals surface area contributed by atoms with Crippen molar-refractivity contribution in [3.8, 4) is 5.75 Å². The standard InChI is InChI=1S/C16H13F3O3/c17-16(18,19)22-13-8-4-5-11(9-13)10-14(15(20)21)12-6-2-1-3-7-12/h1-9,14H,10H2,(H,20,21)/t14-/m0/s1. The van der Waals surface area contributed by atoms with Crippen molar-refractivity contribution in [1.82, 2.24) is 0 Å². The van der Waals surface area contributed by atoms with E-state index in [1.807, 2.05) is 0 Å². The summed E-state index contributed by atoms with van der Waals surface area (Å²) in [4.78, 5) is 11.4. The van der Waals surface area contributed by atoms with Gasteiger partial charge in [0.15, 0.2) is 0 Å². The molecule has 0 bridgehead atoms. The first-order valence-electron chi connectivity index (χ1n) is 6.47. The first-order chi connectivity index (χ1) is 10.3. The van der Waals surface area contributed by atoms with E-state index in [4.69, 9.17) is 0 Å². The molecule has 2 rings (SSSR count). The van der Waals surface area contributed by atoms with Crippen LogP contribution in [0.5, 0.6) is 5.75 Å². The zero-order valence-corrected chi connectivity index (χ0v) is 11.4. The Kier molecular flexibility index (Phi) is 4.70. The van der Waals surface area contributed by atoms with Gasteiger partial charge in [0.1, 0.15) is 5.75 Å². The molecule has 6 heteroatoms. The smallest absolute Gasteiger partial charge is 0.481 e. The molecule has 0 spiro atoms. The Morgan fingerprint density at radius 2 is 1.77 bits per heavy atom. The lowest BCUT2D eigenvalue weighted by Crippen LogP contribution is -2.17. The van der Waals surface area contributed by atoms with Gasteiger partial charge in [-0.25, -0.2) is 0 Å². The highest BCUT2D eigenvalue weighted by molar-refractivity contribution is 5.76. The van der Waals surface area contributed by atoms with Gasteiger partial charge in [-0.1, -0.05) is 42.5 Å². The molecule has 0 aliphatic rings. The van der Waals surface area contributed by atoms with Gasteiger partial charge in [-0.15, -0.1) is 13.2 Å². The zero-order chi connectivity index (χ0) is 16.2. The van der Waals surface area contributed by atoms with Crippen molar-refractivity contribution in [2.45, 2.75) is 18.7 Å². The second-order valence-electron chi connectivity index (χ2n) is 4.70. The summed E-state index contributed by atoms with van der Waals surface area (Å²) in [5, 5.41) is 9.33. The van der Waals surface area contributed by atoms with Crippen molar-refractivity contribution < 1.29 is 27.8 Å². The normalized spacial score (nSPS) is 12.7. The Morgan fingerprint density at radius 1 is 1.09 bits per heavy atom. The summed E-state index contributed by atoms with van der Waals surface area (Å²) in [5.74, 6) is -2.22. The summed E-state index contributed by atoms with van der Waals surface area (Å²) in [6, 6.07) is 13.9. The van der Waals surface area contributed by atoms with Gasteiger partial charge < -0.3 is 9.84 Å². The zero-order valence-electron chi connectivity index (χ0n) is 11.4. The van der Waals surface area contributed by atoms with Gasteiger partial charge in [-0.05, 0) is 29.7 Å². The third-order valence-electron chi connectivity index (χ3n) is 3.07. The molecule has 0 aliphatic heterocycles. The van der Waals surface area contributed by atoms with Gasteiger partial charge in [-0.2, -0.15) is 0 Å². The van der Waals surface area contributed by atoms with Crippen LogP contribution in [0.3, 0.4) is 0 Å². The van der Waals surface area contributed by atoms with Gasteiger partial charge >= 0.3 is 12.3 Å². The number of carbonyl (C=O) groups is 1. The predicted octanol–water partition coefficient (Wildman–Crippen LogP) is 4.00. The van der Waals surface area contributed by atoms with Crippen LogP contribution >= 0.6 is 0 Å². The van der Waals surface area contributed by atoms with Gasteiger partial charge in [-0.3, -0.25) is 4.79 Å². The Hall–Kier alpha value is -2.50. The lowest BCUT2D eigenvalue weighted by molar-refractivity contribution is -0.274. The van der Waals surface area contributed by atoms with E-state index in [-0.39, 0.29) is 12.2 Å². The maximum Gasteiger partial charge on any atom is 0.573 e. The molecule has 3 nitrogen and oxygen atoms in total.